The van der Waals surface area contributed by atoms with Crippen LogP contribution in [0.5, 0.6) is 5.75 Å². The van der Waals surface area contributed by atoms with Crippen LogP contribution in [0.4, 0.5) is 0 Å². The highest BCUT2D eigenvalue weighted by molar-refractivity contribution is 5.94. The quantitative estimate of drug-likeness (QED) is 0.810. The Morgan fingerprint density at radius 1 is 1.00 bits per heavy atom. The predicted molar refractivity (Wildman–Crippen MR) is 95.8 cm³/mol. The molecule has 2 aromatic carbocycles. The van der Waals surface area contributed by atoms with Gasteiger partial charge in [0, 0.05) is 11.0 Å². The maximum absolute atomic E-state index is 9.96. The molecule has 0 saturated heterocycles. The van der Waals surface area contributed by atoms with E-state index in [4.69, 9.17) is 15.3 Å². The summed E-state index contributed by atoms with van der Waals surface area (Å²) in [6.45, 7) is 1.77. The molecule has 0 fully saturated rings. The fraction of sp³-hybridized carbons (Fsp3) is 0.0476. The standard InChI is InChI=1S/C21H14N2O2/c1-14-10-16(17(12-22)13-23)11-18(25-14)8-6-15-7-9-21(24)20-5-3-2-4-19(15)20/h2-11,24H,1H3/b8-6+. The van der Waals surface area contributed by atoms with Crippen molar-refractivity contribution in [3.63, 3.8) is 0 Å². The van der Waals surface area contributed by atoms with Gasteiger partial charge in [-0.3, -0.25) is 0 Å². The van der Waals surface area contributed by atoms with Gasteiger partial charge in [-0.2, -0.15) is 10.5 Å². The van der Waals surface area contributed by atoms with E-state index in [0.717, 1.165) is 16.3 Å². The van der Waals surface area contributed by atoms with Crippen LogP contribution in [0.2, 0.25) is 0 Å². The molecule has 25 heavy (non-hydrogen) atoms. The van der Waals surface area contributed by atoms with Crippen molar-refractivity contribution in [2.45, 2.75) is 6.92 Å². The summed E-state index contributed by atoms with van der Waals surface area (Å²) in [4.78, 5) is 0. The highest BCUT2D eigenvalue weighted by Gasteiger charge is 2.10. The van der Waals surface area contributed by atoms with E-state index in [1.165, 1.54) is 0 Å². The van der Waals surface area contributed by atoms with Crippen LogP contribution in [0, 0.1) is 22.7 Å². The maximum Gasteiger partial charge on any atom is 0.137 e. The topological polar surface area (TPSA) is 77.0 Å². The number of ether oxygens (including phenoxy) is 1. The minimum atomic E-state index is 0.0450. The molecule has 0 aliphatic carbocycles. The zero-order valence-electron chi connectivity index (χ0n) is 13.5. The molecule has 1 heterocycles. The van der Waals surface area contributed by atoms with Crippen LogP contribution in [-0.2, 0) is 4.74 Å². The molecule has 0 bridgehead atoms. The average Bonchev–Trinajstić information content (AvgIpc) is 2.62. The van der Waals surface area contributed by atoms with Crippen molar-refractivity contribution < 1.29 is 9.84 Å². The van der Waals surface area contributed by atoms with Crippen molar-refractivity contribution in [1.29, 1.82) is 10.5 Å². The normalized spacial score (nSPS) is 13.6. The SMILES string of the molecule is CC1=CC(=C(C#N)C#N)C=C(/C=C/c2ccc(O)c3ccccc23)O1. The van der Waals surface area contributed by atoms with Gasteiger partial charge in [0.15, 0.2) is 0 Å². The van der Waals surface area contributed by atoms with Crippen LogP contribution in [0.3, 0.4) is 0 Å². The lowest BCUT2D eigenvalue weighted by atomic mass is 10.0. The number of hydrogen-bond donors (Lipinski definition) is 1. The van der Waals surface area contributed by atoms with Crippen LogP contribution in [0.1, 0.15) is 12.5 Å². The number of phenols is 1. The molecule has 0 aromatic heterocycles. The molecule has 0 atom stereocenters. The number of rotatable bonds is 2. The third-order valence-electron chi connectivity index (χ3n) is 3.81. The minimum absolute atomic E-state index is 0.0450. The predicted octanol–water partition coefficient (Wildman–Crippen LogP) is 4.72. The van der Waals surface area contributed by atoms with Gasteiger partial charge in [0.2, 0.25) is 0 Å². The highest BCUT2D eigenvalue weighted by Crippen LogP contribution is 2.29. The second kappa shape index (κ2) is 6.78. The molecule has 0 unspecified atom stereocenters. The number of nitriles is 2. The number of phenolic OH excluding ortho intramolecular Hbond substituents is 1. The van der Waals surface area contributed by atoms with E-state index in [-0.39, 0.29) is 11.3 Å². The van der Waals surface area contributed by atoms with Gasteiger partial charge in [0.25, 0.3) is 0 Å². The summed E-state index contributed by atoms with van der Waals surface area (Å²) < 4.78 is 5.65. The fourth-order valence-corrected chi connectivity index (χ4v) is 2.66. The Balaban J connectivity index is 2.01. The van der Waals surface area contributed by atoms with Crippen molar-refractivity contribution in [1.82, 2.24) is 0 Å². The number of aromatic hydroxyl groups is 1. The van der Waals surface area contributed by atoms with Gasteiger partial charge in [-0.15, -0.1) is 0 Å². The molecule has 0 spiro atoms. The van der Waals surface area contributed by atoms with Crippen molar-refractivity contribution in [2.24, 2.45) is 0 Å². The number of allylic oxidation sites excluding steroid dienone is 6. The lowest BCUT2D eigenvalue weighted by molar-refractivity contribution is 0.318. The first-order valence-corrected chi connectivity index (χ1v) is 7.63. The lowest BCUT2D eigenvalue weighted by Crippen LogP contribution is -1.97. The molecule has 1 aliphatic heterocycles. The Labute approximate surface area is 145 Å². The molecule has 2 aromatic rings. The third-order valence-corrected chi connectivity index (χ3v) is 3.81. The monoisotopic (exact) mass is 326 g/mol. The molecule has 0 radical (unpaired) electrons. The molecule has 120 valence electrons. The van der Waals surface area contributed by atoms with Gasteiger partial charge in [0.1, 0.15) is 35.0 Å². The lowest BCUT2D eigenvalue weighted by Gasteiger charge is -2.13. The summed E-state index contributed by atoms with van der Waals surface area (Å²) in [5, 5.41) is 29.7. The second-order valence-electron chi connectivity index (χ2n) is 5.51. The highest BCUT2D eigenvalue weighted by atomic mass is 16.5. The second-order valence-corrected chi connectivity index (χ2v) is 5.51. The molecule has 0 amide bonds. The smallest absolute Gasteiger partial charge is 0.137 e. The number of hydrogen-bond acceptors (Lipinski definition) is 4. The first-order chi connectivity index (χ1) is 12.1. The summed E-state index contributed by atoms with van der Waals surface area (Å²) in [6.07, 6.45) is 6.98. The van der Waals surface area contributed by atoms with Crippen molar-refractivity contribution in [3.05, 3.63) is 82.9 Å². The molecule has 0 saturated carbocycles. The van der Waals surface area contributed by atoms with Crippen LogP contribution in [-0.4, -0.2) is 5.11 Å². The van der Waals surface area contributed by atoms with Gasteiger partial charge in [-0.05, 0) is 42.2 Å². The van der Waals surface area contributed by atoms with Gasteiger partial charge in [0.05, 0.1) is 0 Å². The van der Waals surface area contributed by atoms with E-state index in [9.17, 15) is 5.11 Å². The summed E-state index contributed by atoms with van der Waals surface area (Å²) in [5.41, 5.74) is 1.50. The molecule has 1 aliphatic rings. The summed E-state index contributed by atoms with van der Waals surface area (Å²) in [6, 6.07) is 14.8. The largest absolute Gasteiger partial charge is 0.507 e. The zero-order chi connectivity index (χ0) is 17.8. The maximum atomic E-state index is 9.96. The van der Waals surface area contributed by atoms with E-state index in [0.29, 0.717) is 17.1 Å². The molecule has 4 heteroatoms. The number of fused-ring (bicyclic) bond motifs is 1. The number of nitrogens with zero attached hydrogens (tertiary/aromatic N) is 2. The van der Waals surface area contributed by atoms with Crippen molar-refractivity contribution in [2.75, 3.05) is 0 Å². The van der Waals surface area contributed by atoms with E-state index in [1.54, 1.807) is 31.2 Å². The van der Waals surface area contributed by atoms with Gasteiger partial charge in [-0.25, -0.2) is 0 Å². The molecule has 1 N–H and O–H groups in total. The minimum Gasteiger partial charge on any atom is -0.507 e. The Morgan fingerprint density at radius 2 is 1.72 bits per heavy atom. The number of benzene rings is 2. The van der Waals surface area contributed by atoms with Crippen LogP contribution >= 0.6 is 0 Å². The Kier molecular flexibility index (Phi) is 4.37. The summed E-state index contributed by atoms with van der Waals surface area (Å²) in [7, 11) is 0. The van der Waals surface area contributed by atoms with E-state index < -0.39 is 0 Å². The first kappa shape index (κ1) is 16.1. The van der Waals surface area contributed by atoms with Gasteiger partial charge < -0.3 is 9.84 Å². The molecular formula is C21H14N2O2. The van der Waals surface area contributed by atoms with Gasteiger partial charge in [-0.1, -0.05) is 36.4 Å². The van der Waals surface area contributed by atoms with Gasteiger partial charge >= 0.3 is 0 Å². The zero-order valence-corrected chi connectivity index (χ0v) is 13.5. The first-order valence-electron chi connectivity index (χ1n) is 7.63. The summed E-state index contributed by atoms with van der Waals surface area (Å²) in [5.74, 6) is 1.38. The molecular weight excluding hydrogens is 312 g/mol. The Morgan fingerprint density at radius 3 is 2.44 bits per heavy atom. The van der Waals surface area contributed by atoms with Crippen molar-refractivity contribution in [3.8, 4) is 17.9 Å². The fourth-order valence-electron chi connectivity index (χ4n) is 2.66. The Hall–Kier alpha value is -3.76. The van der Waals surface area contributed by atoms with Crippen molar-refractivity contribution >= 4 is 16.8 Å². The Bertz CT molecular complexity index is 1040. The van der Waals surface area contributed by atoms with E-state index in [1.807, 2.05) is 48.5 Å². The average molecular weight is 326 g/mol. The third kappa shape index (κ3) is 3.29. The summed E-state index contributed by atoms with van der Waals surface area (Å²) >= 11 is 0. The molecule has 4 nitrogen and oxygen atoms in total. The van der Waals surface area contributed by atoms with E-state index in [2.05, 4.69) is 0 Å². The van der Waals surface area contributed by atoms with Crippen LogP contribution in [0.15, 0.2) is 77.3 Å². The molecule has 3 rings (SSSR count). The van der Waals surface area contributed by atoms with Crippen LogP contribution < -0.4 is 0 Å². The van der Waals surface area contributed by atoms with Crippen LogP contribution in [0.25, 0.3) is 16.8 Å². The van der Waals surface area contributed by atoms with E-state index >= 15 is 0 Å².